The van der Waals surface area contributed by atoms with Crippen molar-refractivity contribution >= 4 is 33.2 Å². The highest BCUT2D eigenvalue weighted by molar-refractivity contribution is 9.09. The van der Waals surface area contributed by atoms with Crippen molar-refractivity contribution in [1.82, 2.24) is 0 Å². The number of benzene rings is 1. The van der Waals surface area contributed by atoms with Gasteiger partial charge < -0.3 is 5.32 Å². The lowest BCUT2D eigenvalue weighted by Crippen LogP contribution is -2.03. The molecule has 1 aromatic rings. The zero-order valence-electron chi connectivity index (χ0n) is 7.61. The van der Waals surface area contributed by atoms with E-state index in [1.165, 1.54) is 5.56 Å². The second kappa shape index (κ2) is 5.51. The zero-order valence-corrected chi connectivity index (χ0v) is 9.95. The van der Waals surface area contributed by atoms with Gasteiger partial charge in [0.2, 0.25) is 0 Å². The Morgan fingerprint density at radius 3 is 2.85 bits per heavy atom. The first kappa shape index (κ1) is 10.9. The van der Waals surface area contributed by atoms with Gasteiger partial charge in [-0.25, -0.2) is 0 Å². The van der Waals surface area contributed by atoms with E-state index in [-0.39, 0.29) is 0 Å². The number of hydrogen-bond acceptors (Lipinski definition) is 1. The van der Waals surface area contributed by atoms with Crippen molar-refractivity contribution in [3.05, 3.63) is 28.8 Å². The molecule has 0 aromatic heterocycles. The normalized spacial score (nSPS) is 10.1. The summed E-state index contributed by atoms with van der Waals surface area (Å²) in [6.07, 6.45) is 1.10. The molecule has 0 heterocycles. The van der Waals surface area contributed by atoms with Crippen LogP contribution in [-0.4, -0.2) is 11.9 Å². The fourth-order valence-corrected chi connectivity index (χ4v) is 1.70. The van der Waals surface area contributed by atoms with Gasteiger partial charge >= 0.3 is 0 Å². The molecule has 1 aromatic carbocycles. The number of alkyl halides is 1. The molecule has 0 radical (unpaired) electrons. The van der Waals surface area contributed by atoms with Gasteiger partial charge in [-0.1, -0.05) is 39.7 Å². The second-order valence-corrected chi connectivity index (χ2v) is 4.10. The van der Waals surface area contributed by atoms with Crippen LogP contribution < -0.4 is 5.32 Å². The lowest BCUT2D eigenvalue weighted by atomic mass is 10.2. The van der Waals surface area contributed by atoms with Crippen LogP contribution in [0.1, 0.15) is 12.0 Å². The van der Waals surface area contributed by atoms with E-state index in [2.05, 4.69) is 34.2 Å². The molecule has 1 rings (SSSR count). The maximum absolute atomic E-state index is 6.03. The first-order chi connectivity index (χ1) is 6.25. The van der Waals surface area contributed by atoms with E-state index < -0.39 is 0 Å². The third-order valence-electron chi connectivity index (χ3n) is 1.83. The second-order valence-electron chi connectivity index (χ2n) is 2.90. The lowest BCUT2D eigenvalue weighted by molar-refractivity contribution is 0.997. The number of anilines is 1. The highest BCUT2D eigenvalue weighted by atomic mass is 79.9. The van der Waals surface area contributed by atoms with Gasteiger partial charge in [0.25, 0.3) is 0 Å². The van der Waals surface area contributed by atoms with E-state index in [1.54, 1.807) is 0 Å². The summed E-state index contributed by atoms with van der Waals surface area (Å²) in [6, 6.07) is 5.93. The predicted octanol–water partition coefficient (Wildman–Crippen LogP) is 3.85. The molecule has 0 aliphatic carbocycles. The third-order valence-corrected chi connectivity index (χ3v) is 2.71. The Kier molecular flexibility index (Phi) is 4.60. The van der Waals surface area contributed by atoms with Crippen molar-refractivity contribution in [3.8, 4) is 0 Å². The largest absolute Gasteiger partial charge is 0.384 e. The molecule has 13 heavy (non-hydrogen) atoms. The lowest BCUT2D eigenvalue weighted by Gasteiger charge is -2.10. The maximum atomic E-state index is 6.03. The summed E-state index contributed by atoms with van der Waals surface area (Å²) in [5.41, 5.74) is 2.26. The summed E-state index contributed by atoms with van der Waals surface area (Å²) in [4.78, 5) is 0. The summed E-state index contributed by atoms with van der Waals surface area (Å²) in [6.45, 7) is 3.01. The Balaban J connectivity index is 2.64. The van der Waals surface area contributed by atoms with E-state index in [4.69, 9.17) is 11.6 Å². The summed E-state index contributed by atoms with van der Waals surface area (Å²) >= 11 is 9.42. The maximum Gasteiger partial charge on any atom is 0.0640 e. The number of rotatable bonds is 4. The average Bonchev–Trinajstić information content (AvgIpc) is 2.10. The predicted molar refractivity (Wildman–Crippen MR) is 63.1 cm³/mol. The monoisotopic (exact) mass is 261 g/mol. The smallest absolute Gasteiger partial charge is 0.0640 e. The van der Waals surface area contributed by atoms with E-state index >= 15 is 0 Å². The highest BCUT2D eigenvalue weighted by Gasteiger charge is 2.01. The topological polar surface area (TPSA) is 12.0 Å². The van der Waals surface area contributed by atoms with Crippen LogP contribution in [0.5, 0.6) is 0 Å². The minimum absolute atomic E-state index is 0.801. The van der Waals surface area contributed by atoms with Crippen molar-refractivity contribution in [1.29, 1.82) is 0 Å². The summed E-state index contributed by atoms with van der Waals surface area (Å²) in [7, 11) is 0. The van der Waals surface area contributed by atoms with Crippen LogP contribution in [-0.2, 0) is 0 Å². The zero-order chi connectivity index (χ0) is 9.68. The number of nitrogens with one attached hydrogen (secondary N) is 1. The molecule has 0 aliphatic rings. The summed E-state index contributed by atoms with van der Waals surface area (Å²) in [5.74, 6) is 0. The number of hydrogen-bond donors (Lipinski definition) is 1. The number of para-hydroxylation sites is 1. The Morgan fingerprint density at radius 2 is 2.23 bits per heavy atom. The number of halogens is 2. The van der Waals surface area contributed by atoms with Gasteiger partial charge in [0.15, 0.2) is 0 Å². The standard InChI is InChI=1S/C10H13BrClN/c1-8-4-2-5-9(12)10(8)13-7-3-6-11/h2,4-5,13H,3,6-7H2,1H3. The highest BCUT2D eigenvalue weighted by Crippen LogP contribution is 2.24. The minimum Gasteiger partial charge on any atom is -0.384 e. The average molecular weight is 263 g/mol. The van der Waals surface area contributed by atoms with Crippen LogP contribution in [0.15, 0.2) is 18.2 Å². The molecule has 0 bridgehead atoms. The molecule has 0 atom stereocenters. The first-order valence-electron chi connectivity index (χ1n) is 4.30. The van der Waals surface area contributed by atoms with Crippen LogP contribution in [0.4, 0.5) is 5.69 Å². The third kappa shape index (κ3) is 3.20. The number of aryl methyl sites for hydroxylation is 1. The van der Waals surface area contributed by atoms with Gasteiger partial charge in [-0.2, -0.15) is 0 Å². The minimum atomic E-state index is 0.801. The fraction of sp³-hybridized carbons (Fsp3) is 0.400. The molecule has 0 saturated heterocycles. The van der Waals surface area contributed by atoms with Gasteiger partial charge in [-0.3, -0.25) is 0 Å². The molecule has 1 N–H and O–H groups in total. The van der Waals surface area contributed by atoms with Crippen molar-refractivity contribution < 1.29 is 0 Å². The molecule has 0 amide bonds. The van der Waals surface area contributed by atoms with Gasteiger partial charge in [0.1, 0.15) is 0 Å². The van der Waals surface area contributed by atoms with Crippen LogP contribution in [0.25, 0.3) is 0 Å². The van der Waals surface area contributed by atoms with Crippen LogP contribution in [0.3, 0.4) is 0 Å². The summed E-state index contributed by atoms with van der Waals surface area (Å²) < 4.78 is 0. The molecule has 0 saturated carbocycles. The molecule has 0 aliphatic heterocycles. The molecule has 0 fully saturated rings. The SMILES string of the molecule is Cc1cccc(Cl)c1NCCCBr. The molecule has 0 spiro atoms. The first-order valence-corrected chi connectivity index (χ1v) is 5.80. The van der Waals surface area contributed by atoms with Crippen LogP contribution in [0.2, 0.25) is 5.02 Å². The van der Waals surface area contributed by atoms with Crippen LogP contribution in [0, 0.1) is 6.92 Å². The molecule has 3 heteroatoms. The Hall–Kier alpha value is -0.210. The molecular formula is C10H13BrClN. The Labute approximate surface area is 92.6 Å². The van der Waals surface area contributed by atoms with Crippen molar-refractivity contribution in [2.75, 3.05) is 17.2 Å². The quantitative estimate of drug-likeness (QED) is 0.642. The van der Waals surface area contributed by atoms with Crippen molar-refractivity contribution in [3.63, 3.8) is 0 Å². The molecule has 1 nitrogen and oxygen atoms in total. The van der Waals surface area contributed by atoms with Crippen LogP contribution >= 0.6 is 27.5 Å². The van der Waals surface area contributed by atoms with Gasteiger partial charge in [-0.15, -0.1) is 0 Å². The van der Waals surface area contributed by atoms with E-state index in [1.807, 2.05) is 12.1 Å². The molecule has 72 valence electrons. The van der Waals surface area contributed by atoms with E-state index in [9.17, 15) is 0 Å². The summed E-state index contributed by atoms with van der Waals surface area (Å²) in [5, 5.41) is 5.14. The Bertz CT molecular complexity index is 255. The van der Waals surface area contributed by atoms with Gasteiger partial charge in [0, 0.05) is 11.9 Å². The van der Waals surface area contributed by atoms with Crippen molar-refractivity contribution in [2.24, 2.45) is 0 Å². The Morgan fingerprint density at radius 1 is 1.46 bits per heavy atom. The van der Waals surface area contributed by atoms with E-state index in [0.29, 0.717) is 0 Å². The molecular weight excluding hydrogens is 249 g/mol. The van der Waals surface area contributed by atoms with E-state index in [0.717, 1.165) is 29.0 Å². The van der Waals surface area contributed by atoms with Gasteiger partial charge in [0.05, 0.1) is 10.7 Å². The van der Waals surface area contributed by atoms with Crippen molar-refractivity contribution in [2.45, 2.75) is 13.3 Å². The fourth-order valence-electron chi connectivity index (χ4n) is 1.14. The molecule has 0 unspecified atom stereocenters. The van der Waals surface area contributed by atoms with Gasteiger partial charge in [-0.05, 0) is 25.0 Å².